The highest BCUT2D eigenvalue weighted by Gasteiger charge is 2.14. The molecule has 5 heteroatoms. The smallest absolute Gasteiger partial charge is 0.187 e. The monoisotopic (exact) mass is 313 g/mol. The zero-order valence-electron chi connectivity index (χ0n) is 12.3. The molecule has 0 bridgehead atoms. The van der Waals surface area contributed by atoms with Crippen molar-refractivity contribution in [3.63, 3.8) is 0 Å². The van der Waals surface area contributed by atoms with Crippen molar-refractivity contribution in [2.45, 2.75) is 18.9 Å². The second-order valence-corrected chi connectivity index (χ2v) is 5.69. The second kappa shape index (κ2) is 7.33. The van der Waals surface area contributed by atoms with E-state index < -0.39 is 0 Å². The molecule has 1 atom stereocenters. The van der Waals surface area contributed by atoms with Crippen LogP contribution in [-0.4, -0.2) is 30.6 Å². The number of nitrogens with zero attached hydrogens (tertiary/aromatic N) is 1. The molecule has 0 aliphatic carbocycles. The van der Waals surface area contributed by atoms with Gasteiger partial charge >= 0.3 is 0 Å². The van der Waals surface area contributed by atoms with Crippen molar-refractivity contribution in [3.05, 3.63) is 48.0 Å². The van der Waals surface area contributed by atoms with E-state index in [2.05, 4.69) is 34.0 Å². The summed E-state index contributed by atoms with van der Waals surface area (Å²) < 4.78 is 5.54. The standard InChI is InChI=1S/C17H19N3OS/c22-17(18-12-15-8-4-10-21-15)20-19-11-14-7-3-6-13-5-1-2-9-16(13)14/h1-3,5-7,9,11,15H,4,8,10,12H2,(H2,18,20,22). The van der Waals surface area contributed by atoms with Gasteiger partial charge in [0.25, 0.3) is 0 Å². The van der Waals surface area contributed by atoms with Crippen molar-refractivity contribution in [1.82, 2.24) is 10.7 Å². The van der Waals surface area contributed by atoms with Crippen molar-refractivity contribution in [2.24, 2.45) is 5.10 Å². The van der Waals surface area contributed by atoms with E-state index in [0.29, 0.717) is 5.11 Å². The van der Waals surface area contributed by atoms with Crippen molar-refractivity contribution in [3.8, 4) is 0 Å². The van der Waals surface area contributed by atoms with E-state index in [-0.39, 0.29) is 6.10 Å². The van der Waals surface area contributed by atoms with Gasteiger partial charge in [-0.1, -0.05) is 42.5 Å². The number of nitrogens with one attached hydrogen (secondary N) is 2. The number of hydrogen-bond donors (Lipinski definition) is 2. The van der Waals surface area contributed by atoms with Crippen LogP contribution in [0.2, 0.25) is 0 Å². The minimum absolute atomic E-state index is 0.266. The Balaban J connectivity index is 1.55. The molecule has 2 N–H and O–H groups in total. The second-order valence-electron chi connectivity index (χ2n) is 5.28. The molecule has 22 heavy (non-hydrogen) atoms. The highest BCUT2D eigenvalue weighted by Crippen LogP contribution is 2.16. The van der Waals surface area contributed by atoms with Gasteiger partial charge in [-0.05, 0) is 35.8 Å². The third-order valence-electron chi connectivity index (χ3n) is 3.71. The number of thiocarbonyl (C=S) groups is 1. The van der Waals surface area contributed by atoms with Crippen molar-refractivity contribution < 1.29 is 4.74 Å². The lowest BCUT2D eigenvalue weighted by atomic mass is 10.1. The first kappa shape index (κ1) is 14.9. The third kappa shape index (κ3) is 3.81. The van der Waals surface area contributed by atoms with Gasteiger partial charge in [-0.2, -0.15) is 5.10 Å². The van der Waals surface area contributed by atoms with Crippen LogP contribution in [0.5, 0.6) is 0 Å². The highest BCUT2D eigenvalue weighted by molar-refractivity contribution is 7.80. The van der Waals surface area contributed by atoms with Gasteiger partial charge in [0.2, 0.25) is 0 Å². The molecule has 1 saturated heterocycles. The molecular formula is C17H19N3OS. The zero-order valence-corrected chi connectivity index (χ0v) is 13.1. The van der Waals surface area contributed by atoms with Crippen LogP contribution in [0.3, 0.4) is 0 Å². The summed E-state index contributed by atoms with van der Waals surface area (Å²) >= 11 is 5.21. The predicted octanol–water partition coefficient (Wildman–Crippen LogP) is 2.82. The van der Waals surface area contributed by atoms with Crippen molar-refractivity contribution >= 4 is 34.3 Å². The van der Waals surface area contributed by atoms with Crippen LogP contribution in [0.1, 0.15) is 18.4 Å². The molecular weight excluding hydrogens is 294 g/mol. The molecule has 0 radical (unpaired) electrons. The lowest BCUT2D eigenvalue weighted by Crippen LogP contribution is -2.37. The molecule has 3 rings (SSSR count). The number of hydrazone groups is 1. The van der Waals surface area contributed by atoms with E-state index in [1.54, 1.807) is 6.21 Å². The Morgan fingerprint density at radius 3 is 3.00 bits per heavy atom. The largest absolute Gasteiger partial charge is 0.376 e. The van der Waals surface area contributed by atoms with Gasteiger partial charge in [-0.3, -0.25) is 5.43 Å². The maximum Gasteiger partial charge on any atom is 0.187 e. The van der Waals surface area contributed by atoms with Crippen LogP contribution in [0.25, 0.3) is 10.8 Å². The number of benzene rings is 2. The van der Waals surface area contributed by atoms with Gasteiger partial charge in [0.1, 0.15) is 0 Å². The summed E-state index contributed by atoms with van der Waals surface area (Å²) in [6, 6.07) is 14.4. The Hall–Kier alpha value is -1.98. The Morgan fingerprint density at radius 1 is 1.27 bits per heavy atom. The first-order valence-electron chi connectivity index (χ1n) is 7.49. The normalized spacial score (nSPS) is 17.9. The van der Waals surface area contributed by atoms with E-state index in [1.165, 1.54) is 10.8 Å². The molecule has 2 aromatic carbocycles. The van der Waals surface area contributed by atoms with Crippen LogP contribution >= 0.6 is 12.2 Å². The average molecular weight is 313 g/mol. The third-order valence-corrected chi connectivity index (χ3v) is 3.94. The van der Waals surface area contributed by atoms with Gasteiger partial charge in [-0.15, -0.1) is 0 Å². The molecule has 1 aliphatic rings. The Labute approximate surface area is 135 Å². The Kier molecular flexibility index (Phi) is 4.98. The van der Waals surface area contributed by atoms with Gasteiger partial charge in [0, 0.05) is 18.7 Å². The SMILES string of the molecule is S=C(NCC1CCCO1)NN=Cc1cccc2ccccc12. The number of ether oxygens (including phenoxy) is 1. The molecule has 1 aliphatic heterocycles. The summed E-state index contributed by atoms with van der Waals surface area (Å²) in [6.45, 7) is 1.58. The summed E-state index contributed by atoms with van der Waals surface area (Å²) in [4.78, 5) is 0. The number of hydrogen-bond acceptors (Lipinski definition) is 3. The molecule has 114 valence electrons. The van der Waals surface area contributed by atoms with Gasteiger partial charge in [0.15, 0.2) is 5.11 Å². The van der Waals surface area contributed by atoms with Crippen LogP contribution in [0, 0.1) is 0 Å². The zero-order chi connectivity index (χ0) is 15.2. The summed E-state index contributed by atoms with van der Waals surface area (Å²) in [6.07, 6.45) is 4.28. The molecule has 1 fully saturated rings. The van der Waals surface area contributed by atoms with Crippen LogP contribution < -0.4 is 10.7 Å². The van der Waals surface area contributed by atoms with E-state index in [1.807, 2.05) is 24.3 Å². The maximum absolute atomic E-state index is 5.54. The van der Waals surface area contributed by atoms with Crippen LogP contribution in [0.15, 0.2) is 47.6 Å². The average Bonchev–Trinajstić information content (AvgIpc) is 3.07. The minimum atomic E-state index is 0.266. The van der Waals surface area contributed by atoms with Crippen LogP contribution in [0.4, 0.5) is 0 Å². The number of rotatable bonds is 4. The van der Waals surface area contributed by atoms with Crippen molar-refractivity contribution in [1.29, 1.82) is 0 Å². The van der Waals surface area contributed by atoms with Crippen LogP contribution in [-0.2, 0) is 4.74 Å². The quantitative estimate of drug-likeness (QED) is 0.518. The molecule has 0 spiro atoms. The van der Waals surface area contributed by atoms with Gasteiger partial charge < -0.3 is 10.1 Å². The summed E-state index contributed by atoms with van der Waals surface area (Å²) in [5.41, 5.74) is 3.92. The van der Waals surface area contributed by atoms with E-state index >= 15 is 0 Å². The fraction of sp³-hybridized carbons (Fsp3) is 0.294. The molecule has 0 aromatic heterocycles. The fourth-order valence-corrected chi connectivity index (χ4v) is 2.71. The van der Waals surface area contributed by atoms with E-state index in [0.717, 1.165) is 31.6 Å². The molecule has 2 aromatic rings. The number of fused-ring (bicyclic) bond motifs is 1. The maximum atomic E-state index is 5.54. The first-order chi connectivity index (χ1) is 10.8. The molecule has 0 amide bonds. The molecule has 4 nitrogen and oxygen atoms in total. The molecule has 1 heterocycles. The lowest BCUT2D eigenvalue weighted by molar-refractivity contribution is 0.114. The highest BCUT2D eigenvalue weighted by atomic mass is 32.1. The predicted molar refractivity (Wildman–Crippen MR) is 94.3 cm³/mol. The fourth-order valence-electron chi connectivity index (χ4n) is 2.57. The first-order valence-corrected chi connectivity index (χ1v) is 7.90. The molecule has 0 saturated carbocycles. The minimum Gasteiger partial charge on any atom is -0.376 e. The van der Waals surface area contributed by atoms with E-state index in [4.69, 9.17) is 17.0 Å². The molecule has 1 unspecified atom stereocenters. The lowest BCUT2D eigenvalue weighted by Gasteiger charge is -2.11. The Morgan fingerprint density at radius 2 is 2.14 bits per heavy atom. The Bertz CT molecular complexity index is 675. The topological polar surface area (TPSA) is 45.6 Å². The summed E-state index contributed by atoms with van der Waals surface area (Å²) in [5.74, 6) is 0. The van der Waals surface area contributed by atoms with E-state index in [9.17, 15) is 0 Å². The summed E-state index contributed by atoms with van der Waals surface area (Å²) in [5, 5.41) is 10.2. The summed E-state index contributed by atoms with van der Waals surface area (Å²) in [7, 11) is 0. The van der Waals surface area contributed by atoms with Gasteiger partial charge in [0.05, 0.1) is 12.3 Å². The van der Waals surface area contributed by atoms with Crippen molar-refractivity contribution in [2.75, 3.05) is 13.2 Å². The van der Waals surface area contributed by atoms with Gasteiger partial charge in [-0.25, -0.2) is 0 Å².